The summed E-state index contributed by atoms with van der Waals surface area (Å²) in [6, 6.07) is 19.7. The van der Waals surface area contributed by atoms with Gasteiger partial charge in [0.25, 0.3) is 5.91 Å². The molecule has 0 saturated heterocycles. The first-order valence-electron chi connectivity index (χ1n) is 8.06. The Morgan fingerprint density at radius 3 is 2.11 bits per heavy atom. The van der Waals surface area contributed by atoms with Crippen LogP contribution in [0, 0.1) is 0 Å². The third-order valence-corrected chi connectivity index (χ3v) is 4.34. The first kappa shape index (κ1) is 19.7. The van der Waals surface area contributed by atoms with E-state index in [0.717, 1.165) is 4.47 Å². The maximum absolute atomic E-state index is 12.0. The number of carbonyl (C=O) groups is 2. The molecule has 0 radical (unpaired) electrons. The largest absolute Gasteiger partial charge is 0.362 e. The lowest BCUT2D eigenvalue weighted by atomic mass is 10.2. The van der Waals surface area contributed by atoms with Gasteiger partial charge in [-0.05, 0) is 72.8 Å². The highest BCUT2D eigenvalue weighted by Crippen LogP contribution is 2.18. The number of amides is 1. The van der Waals surface area contributed by atoms with Crippen molar-refractivity contribution >= 4 is 50.8 Å². The molecule has 1 N–H and O–H groups in total. The van der Waals surface area contributed by atoms with Crippen LogP contribution in [0.2, 0.25) is 5.02 Å². The van der Waals surface area contributed by atoms with E-state index in [9.17, 15) is 9.59 Å². The fourth-order valence-corrected chi connectivity index (χ4v) is 2.49. The zero-order valence-electron chi connectivity index (χ0n) is 14.3. The average Bonchev–Trinajstić information content (AvgIpc) is 2.72. The number of nitrogens with one attached hydrogen (secondary N) is 1. The normalized spacial score (nSPS) is 10.6. The number of nitrogens with zero attached hydrogens (tertiary/aromatic N) is 2. The van der Waals surface area contributed by atoms with E-state index in [2.05, 4.69) is 31.6 Å². The summed E-state index contributed by atoms with van der Waals surface area (Å²) in [4.78, 5) is 28.9. The topological polar surface area (TPSA) is 80.1 Å². The number of hydrogen-bond acceptors (Lipinski definition) is 5. The Labute approximate surface area is 174 Å². The van der Waals surface area contributed by atoms with Gasteiger partial charge in [0.05, 0.1) is 16.9 Å². The minimum absolute atomic E-state index is 0.395. The molecule has 0 atom stereocenters. The standard InChI is InChI=1S/C20H13BrClN3O3/c21-15-5-1-14(2-6-15)20(27)28-25-18-11-9-17(10-12-18)23-24-19(26)13-3-7-16(22)8-4-13/h1-12,25H. The SMILES string of the molecule is O=C(N=Nc1ccc(NOC(=O)c2ccc(Br)cc2)cc1)c1ccc(Cl)cc1. The second kappa shape index (κ2) is 9.25. The van der Waals surface area contributed by atoms with Crippen molar-refractivity contribution in [1.29, 1.82) is 0 Å². The first-order chi connectivity index (χ1) is 13.5. The summed E-state index contributed by atoms with van der Waals surface area (Å²) in [6.07, 6.45) is 0. The number of hydrogen-bond donors (Lipinski definition) is 1. The molecule has 0 saturated carbocycles. The van der Waals surface area contributed by atoms with E-state index in [-0.39, 0.29) is 0 Å². The highest BCUT2D eigenvalue weighted by molar-refractivity contribution is 9.10. The molecule has 0 heterocycles. The van der Waals surface area contributed by atoms with Gasteiger partial charge in [0.1, 0.15) is 0 Å². The summed E-state index contributed by atoms with van der Waals surface area (Å²) < 4.78 is 0.872. The number of rotatable bonds is 5. The van der Waals surface area contributed by atoms with Gasteiger partial charge in [0, 0.05) is 15.1 Å². The van der Waals surface area contributed by atoms with Crippen LogP contribution in [0.4, 0.5) is 11.4 Å². The van der Waals surface area contributed by atoms with Crippen LogP contribution in [0.3, 0.4) is 0 Å². The molecule has 0 aliphatic carbocycles. The van der Waals surface area contributed by atoms with Crippen LogP contribution in [0.15, 0.2) is 87.5 Å². The van der Waals surface area contributed by atoms with Crippen LogP contribution < -0.4 is 5.48 Å². The molecule has 28 heavy (non-hydrogen) atoms. The molecule has 0 aliphatic heterocycles. The fraction of sp³-hybridized carbons (Fsp3) is 0. The van der Waals surface area contributed by atoms with Gasteiger partial charge in [-0.3, -0.25) is 4.79 Å². The third-order valence-electron chi connectivity index (χ3n) is 3.56. The summed E-state index contributed by atoms with van der Waals surface area (Å²) in [5.74, 6) is -0.980. The minimum atomic E-state index is -0.509. The third kappa shape index (κ3) is 5.48. The zero-order valence-corrected chi connectivity index (χ0v) is 16.6. The van der Waals surface area contributed by atoms with E-state index in [4.69, 9.17) is 16.4 Å². The van der Waals surface area contributed by atoms with E-state index in [1.807, 2.05) is 0 Å². The van der Waals surface area contributed by atoms with Gasteiger partial charge in [-0.2, -0.15) is 0 Å². The van der Waals surface area contributed by atoms with Gasteiger partial charge in [-0.1, -0.05) is 27.5 Å². The molecule has 0 aromatic heterocycles. The lowest BCUT2D eigenvalue weighted by Crippen LogP contribution is -2.10. The molecule has 8 heteroatoms. The quantitative estimate of drug-likeness (QED) is 0.364. The number of halogens is 2. The Bertz CT molecular complexity index is 1000. The summed E-state index contributed by atoms with van der Waals surface area (Å²) in [7, 11) is 0. The lowest BCUT2D eigenvalue weighted by molar-refractivity contribution is 0.0596. The molecular formula is C20H13BrClN3O3. The van der Waals surface area contributed by atoms with Gasteiger partial charge < -0.3 is 4.84 Å². The summed E-state index contributed by atoms with van der Waals surface area (Å²) in [6.45, 7) is 0. The van der Waals surface area contributed by atoms with Gasteiger partial charge in [0.2, 0.25) is 0 Å². The van der Waals surface area contributed by atoms with Crippen molar-refractivity contribution in [2.75, 3.05) is 5.48 Å². The van der Waals surface area contributed by atoms with Crippen LogP contribution in [-0.2, 0) is 4.84 Å². The monoisotopic (exact) mass is 457 g/mol. The van der Waals surface area contributed by atoms with Crippen LogP contribution in [-0.4, -0.2) is 11.9 Å². The molecule has 0 unspecified atom stereocenters. The Kier molecular flexibility index (Phi) is 6.52. The van der Waals surface area contributed by atoms with Gasteiger partial charge >= 0.3 is 5.97 Å². The molecular weight excluding hydrogens is 446 g/mol. The first-order valence-corrected chi connectivity index (χ1v) is 9.23. The van der Waals surface area contributed by atoms with E-state index in [0.29, 0.717) is 27.5 Å². The number of azo groups is 1. The van der Waals surface area contributed by atoms with Crippen LogP contribution in [0.5, 0.6) is 0 Å². The maximum atomic E-state index is 12.0. The van der Waals surface area contributed by atoms with Crippen molar-refractivity contribution in [2.24, 2.45) is 10.2 Å². The summed E-state index contributed by atoms with van der Waals surface area (Å²) in [5.41, 5.74) is 4.41. The van der Waals surface area contributed by atoms with Crippen LogP contribution in [0.25, 0.3) is 0 Å². The highest BCUT2D eigenvalue weighted by atomic mass is 79.9. The molecule has 3 aromatic carbocycles. The Morgan fingerprint density at radius 1 is 0.857 bits per heavy atom. The Balaban J connectivity index is 1.55. The molecule has 3 aromatic rings. The Morgan fingerprint density at radius 2 is 1.46 bits per heavy atom. The van der Waals surface area contributed by atoms with Crippen molar-refractivity contribution in [1.82, 2.24) is 0 Å². The molecule has 0 fully saturated rings. The maximum Gasteiger partial charge on any atom is 0.362 e. The molecule has 140 valence electrons. The minimum Gasteiger partial charge on any atom is -0.338 e. The second-order valence-electron chi connectivity index (χ2n) is 5.56. The van der Waals surface area contributed by atoms with Crippen molar-refractivity contribution in [3.63, 3.8) is 0 Å². The summed E-state index contributed by atoms with van der Waals surface area (Å²) >= 11 is 9.09. The zero-order chi connectivity index (χ0) is 19.9. The summed E-state index contributed by atoms with van der Waals surface area (Å²) in [5, 5.41) is 8.12. The van der Waals surface area contributed by atoms with Crippen molar-refractivity contribution < 1.29 is 14.4 Å². The Hall–Kier alpha value is -3.03. The van der Waals surface area contributed by atoms with E-state index in [1.165, 1.54) is 0 Å². The number of benzene rings is 3. The molecule has 6 nitrogen and oxygen atoms in total. The highest BCUT2D eigenvalue weighted by Gasteiger charge is 2.07. The molecule has 0 spiro atoms. The molecule has 1 amide bonds. The smallest absolute Gasteiger partial charge is 0.338 e. The average molecular weight is 459 g/mol. The van der Waals surface area contributed by atoms with E-state index < -0.39 is 11.9 Å². The van der Waals surface area contributed by atoms with E-state index in [1.54, 1.807) is 72.8 Å². The molecule has 0 bridgehead atoms. The predicted molar refractivity (Wildman–Crippen MR) is 110 cm³/mol. The van der Waals surface area contributed by atoms with Gasteiger partial charge in [-0.15, -0.1) is 10.2 Å². The predicted octanol–water partition coefficient (Wildman–Crippen LogP) is 6.21. The number of carbonyl (C=O) groups excluding carboxylic acids is 2. The molecule has 3 rings (SSSR count). The van der Waals surface area contributed by atoms with Gasteiger partial charge in [-0.25, -0.2) is 10.3 Å². The molecule has 0 aliphatic rings. The van der Waals surface area contributed by atoms with Crippen molar-refractivity contribution in [2.45, 2.75) is 0 Å². The van der Waals surface area contributed by atoms with Crippen LogP contribution >= 0.6 is 27.5 Å². The fourth-order valence-electron chi connectivity index (χ4n) is 2.10. The van der Waals surface area contributed by atoms with E-state index >= 15 is 0 Å². The number of anilines is 1. The second-order valence-corrected chi connectivity index (χ2v) is 6.91. The van der Waals surface area contributed by atoms with Gasteiger partial charge in [0.15, 0.2) is 0 Å². The lowest BCUT2D eigenvalue weighted by Gasteiger charge is -2.07. The van der Waals surface area contributed by atoms with Crippen LogP contribution in [0.1, 0.15) is 20.7 Å². The van der Waals surface area contributed by atoms with Crippen molar-refractivity contribution in [3.8, 4) is 0 Å². The van der Waals surface area contributed by atoms with Crippen molar-refractivity contribution in [3.05, 3.63) is 93.4 Å².